The molecule has 0 unspecified atom stereocenters. The Morgan fingerprint density at radius 3 is 2.20 bits per heavy atom. The second kappa shape index (κ2) is 20.3. The zero-order chi connectivity index (χ0) is 40.3. The number of carbonyl (C=O) groups excluding carboxylic acids is 1. The molecule has 0 radical (unpaired) electrons. The largest absolute Gasteiger partial charge is 0.382 e. The van der Waals surface area contributed by atoms with Gasteiger partial charge in [0.15, 0.2) is 17.2 Å². The summed E-state index contributed by atoms with van der Waals surface area (Å²) in [5.41, 5.74) is 4.20. The summed E-state index contributed by atoms with van der Waals surface area (Å²) in [6.07, 6.45) is 10.8. The third-order valence-corrected chi connectivity index (χ3v) is 14.4. The molecule has 3 aromatic heterocycles. The van der Waals surface area contributed by atoms with Crippen LogP contribution in [-0.4, -0.2) is 120 Å². The van der Waals surface area contributed by atoms with E-state index in [0.717, 1.165) is 57.0 Å². The van der Waals surface area contributed by atoms with Crippen LogP contribution in [-0.2, 0) is 33.2 Å². The van der Waals surface area contributed by atoms with Crippen molar-refractivity contribution in [1.82, 2.24) is 19.6 Å². The molecule has 5 rings (SSSR count). The van der Waals surface area contributed by atoms with Crippen LogP contribution in [0.15, 0.2) is 46.3 Å². The van der Waals surface area contributed by atoms with Crippen molar-refractivity contribution in [2.24, 2.45) is 4.99 Å². The van der Waals surface area contributed by atoms with E-state index in [1.54, 1.807) is 7.11 Å². The maximum atomic E-state index is 13.6. The number of nitrogens with zero attached hydrogens (tertiary/aromatic N) is 6. The van der Waals surface area contributed by atoms with E-state index in [1.807, 2.05) is 35.3 Å². The number of Topliss-reactive ketones (excluding diaryl/α,β-unsaturated/α-hetero) is 1. The number of pyridine rings is 1. The van der Waals surface area contributed by atoms with E-state index in [9.17, 15) is 4.79 Å². The third kappa shape index (κ3) is 11.9. The van der Waals surface area contributed by atoms with Crippen molar-refractivity contribution in [1.29, 1.82) is 0 Å². The van der Waals surface area contributed by atoms with Crippen molar-refractivity contribution in [2.45, 2.75) is 95.0 Å². The number of hydrogen-bond acceptors (Lipinski definition) is 12. The third-order valence-electron chi connectivity index (χ3n) is 10.2. The number of rotatable bonds is 23. The highest BCUT2D eigenvalue weighted by Gasteiger charge is 2.44. The molecular weight excluding hydrogens is 813 g/mol. The van der Waals surface area contributed by atoms with Crippen molar-refractivity contribution in [3.05, 3.63) is 52.7 Å². The fourth-order valence-corrected chi connectivity index (χ4v) is 9.12. The van der Waals surface area contributed by atoms with E-state index < -0.39 is 21.7 Å². The topological polar surface area (TPSA) is 131 Å². The first kappa shape index (κ1) is 44.4. The fourth-order valence-electron chi connectivity index (χ4n) is 6.77. The SMILES string of the molecule is COCCOC1(C(=O)COCOC)CCC(c2nc3c(-c4ccc(C5=NC=CC5)nc4)cnn3c(N(COCC[Si](C)(C)C)COCC[Si](C)(C)C)c2Br)CC1. The number of carbonyl (C=O) groups is 1. The highest BCUT2D eigenvalue weighted by Crippen LogP contribution is 2.45. The van der Waals surface area contributed by atoms with Crippen molar-refractivity contribution >= 4 is 55.0 Å². The van der Waals surface area contributed by atoms with Gasteiger partial charge in [-0.2, -0.15) is 9.61 Å². The molecule has 1 aliphatic heterocycles. The van der Waals surface area contributed by atoms with Crippen LogP contribution in [0.4, 0.5) is 5.82 Å². The Balaban J connectivity index is 1.53. The molecule has 3 aromatic rings. The fraction of sp³-hybridized carbons (Fsp3) is 0.625. The monoisotopic (exact) mass is 872 g/mol. The van der Waals surface area contributed by atoms with Gasteiger partial charge in [-0.15, -0.1) is 0 Å². The molecule has 1 fully saturated rings. The van der Waals surface area contributed by atoms with Crippen LogP contribution < -0.4 is 4.90 Å². The molecule has 0 aromatic carbocycles. The van der Waals surface area contributed by atoms with Crippen LogP contribution in [0.1, 0.15) is 49.4 Å². The van der Waals surface area contributed by atoms with Gasteiger partial charge in [-0.1, -0.05) is 51.4 Å². The number of fused-ring (bicyclic) bond motifs is 1. The first-order valence-corrected chi connectivity index (χ1v) is 27.8. The number of anilines is 1. The summed E-state index contributed by atoms with van der Waals surface area (Å²) in [6, 6.07) is 6.18. The van der Waals surface area contributed by atoms with Gasteiger partial charge in [-0.3, -0.25) is 14.8 Å². The lowest BCUT2D eigenvalue weighted by Gasteiger charge is -2.39. The van der Waals surface area contributed by atoms with Gasteiger partial charge in [0.25, 0.3) is 0 Å². The van der Waals surface area contributed by atoms with Crippen molar-refractivity contribution in [3.8, 4) is 11.1 Å². The molecular formula is C40H61BrN6O7Si2. The number of ketones is 1. The second-order valence-corrected chi connectivity index (χ2v) is 29.1. The van der Waals surface area contributed by atoms with Gasteiger partial charge in [0.2, 0.25) is 0 Å². The number of hydrogen-bond donors (Lipinski definition) is 0. The summed E-state index contributed by atoms with van der Waals surface area (Å²) in [4.78, 5) is 30.4. The van der Waals surface area contributed by atoms with Crippen LogP contribution in [0.5, 0.6) is 0 Å². The highest BCUT2D eigenvalue weighted by atomic mass is 79.9. The predicted molar refractivity (Wildman–Crippen MR) is 229 cm³/mol. The molecule has 56 heavy (non-hydrogen) atoms. The summed E-state index contributed by atoms with van der Waals surface area (Å²) in [5, 5.41) is 4.94. The highest BCUT2D eigenvalue weighted by molar-refractivity contribution is 9.10. The normalized spacial score (nSPS) is 18.9. The molecule has 308 valence electrons. The van der Waals surface area contributed by atoms with Gasteiger partial charge in [-0.05, 0) is 59.8 Å². The minimum atomic E-state index is -1.31. The van der Waals surface area contributed by atoms with Gasteiger partial charge in [0.1, 0.15) is 32.5 Å². The summed E-state index contributed by atoms with van der Waals surface area (Å²) in [7, 11) is 0.540. The van der Waals surface area contributed by atoms with E-state index >= 15 is 0 Å². The van der Waals surface area contributed by atoms with Gasteiger partial charge >= 0.3 is 0 Å². The second-order valence-electron chi connectivity index (χ2n) is 17.0. The molecule has 0 bridgehead atoms. The van der Waals surface area contributed by atoms with E-state index in [4.69, 9.17) is 43.5 Å². The average Bonchev–Trinajstić information content (AvgIpc) is 3.85. The minimum Gasteiger partial charge on any atom is -0.382 e. The summed E-state index contributed by atoms with van der Waals surface area (Å²) in [6.45, 7) is 16.8. The number of aliphatic imine (C=N–C) groups is 1. The number of ether oxygens (including phenoxy) is 6. The number of allylic oxidation sites excluding steroid dienone is 1. The Kier molecular flexibility index (Phi) is 16.1. The van der Waals surface area contributed by atoms with E-state index in [1.165, 1.54) is 7.11 Å². The van der Waals surface area contributed by atoms with Crippen LogP contribution in [0.2, 0.25) is 51.4 Å². The zero-order valence-corrected chi connectivity index (χ0v) is 38.2. The predicted octanol–water partition coefficient (Wildman–Crippen LogP) is 7.94. The molecule has 0 amide bonds. The summed E-state index contributed by atoms with van der Waals surface area (Å²) < 4.78 is 37.6. The van der Waals surface area contributed by atoms with E-state index in [0.29, 0.717) is 71.2 Å². The summed E-state index contributed by atoms with van der Waals surface area (Å²) in [5.74, 6) is 0.752. The van der Waals surface area contributed by atoms with Gasteiger partial charge in [0, 0.05) is 79.4 Å². The minimum absolute atomic E-state index is 0.0264. The molecule has 2 aliphatic rings. The lowest BCUT2D eigenvalue weighted by atomic mass is 9.75. The number of aromatic nitrogens is 4. The molecule has 0 saturated heterocycles. The molecule has 1 saturated carbocycles. The average molecular weight is 874 g/mol. The van der Waals surface area contributed by atoms with Crippen LogP contribution >= 0.6 is 15.9 Å². The smallest absolute Gasteiger partial charge is 0.190 e. The van der Waals surface area contributed by atoms with Gasteiger partial charge in [0.05, 0.1) is 41.0 Å². The molecule has 4 heterocycles. The number of halogens is 1. The van der Waals surface area contributed by atoms with Crippen LogP contribution in [0.25, 0.3) is 16.8 Å². The van der Waals surface area contributed by atoms with Crippen molar-refractivity contribution < 1.29 is 33.2 Å². The van der Waals surface area contributed by atoms with Crippen molar-refractivity contribution in [3.63, 3.8) is 0 Å². The maximum absolute atomic E-state index is 13.6. The molecule has 0 spiro atoms. The standard InChI is InChI=1S/C40H61BrN6O7Si2/c1-49-18-19-54-40(35(48)26-53-29-50-2)15-13-30(14-16-40)37-36(41)39(46(27-51-20-22-55(3,4)5)28-52-21-23-56(6,7)8)47-38(45-37)32(25-44-47)31-11-12-34(43-24-31)33-10-9-17-42-33/h9,11-12,17,24-25,30H,10,13-16,18-23,26-29H2,1-8H3. The Labute approximate surface area is 342 Å². The maximum Gasteiger partial charge on any atom is 0.190 e. The summed E-state index contributed by atoms with van der Waals surface area (Å²) >= 11 is 4.04. The molecule has 16 heteroatoms. The molecule has 0 atom stereocenters. The molecule has 1 aliphatic carbocycles. The van der Waals surface area contributed by atoms with Crippen LogP contribution in [0.3, 0.4) is 0 Å². The van der Waals surface area contributed by atoms with Gasteiger partial charge < -0.3 is 33.3 Å². The van der Waals surface area contributed by atoms with E-state index in [2.05, 4.69) is 71.2 Å². The first-order chi connectivity index (χ1) is 26.7. The zero-order valence-electron chi connectivity index (χ0n) is 34.6. The lowest BCUT2D eigenvalue weighted by molar-refractivity contribution is -0.160. The first-order valence-electron chi connectivity index (χ1n) is 19.6. The van der Waals surface area contributed by atoms with Crippen molar-refractivity contribution in [2.75, 3.05) is 72.4 Å². The molecule has 0 N–H and O–H groups in total. The lowest BCUT2D eigenvalue weighted by Crippen LogP contribution is -2.47. The Bertz CT molecular complexity index is 1780. The van der Waals surface area contributed by atoms with E-state index in [-0.39, 0.29) is 25.1 Å². The Morgan fingerprint density at radius 2 is 1.62 bits per heavy atom. The Hall–Kier alpha value is -2.68. The Morgan fingerprint density at radius 1 is 0.929 bits per heavy atom. The molecule has 13 nitrogen and oxygen atoms in total. The quantitative estimate of drug-likeness (QED) is 0.0523. The van der Waals surface area contributed by atoms with Gasteiger partial charge in [-0.25, -0.2) is 4.98 Å². The number of methoxy groups -OCH3 is 2. The van der Waals surface area contributed by atoms with Crippen LogP contribution in [0, 0.1) is 0 Å².